The van der Waals surface area contributed by atoms with Gasteiger partial charge < -0.3 is 15.7 Å². The fraction of sp³-hybridized carbons (Fsp3) is 0.625. The van der Waals surface area contributed by atoms with E-state index < -0.39 is 17.8 Å². The highest BCUT2D eigenvalue weighted by molar-refractivity contribution is 7.17. The quantitative estimate of drug-likeness (QED) is 0.580. The molecule has 2 bridgehead atoms. The lowest BCUT2D eigenvalue weighted by atomic mass is 9.62. The molecular formula is C24H30N2O4S. The molecule has 6 nitrogen and oxygen atoms in total. The zero-order valence-corrected chi connectivity index (χ0v) is 18.7. The number of hydrogen-bond donors (Lipinski definition) is 3. The zero-order valence-electron chi connectivity index (χ0n) is 17.9. The van der Waals surface area contributed by atoms with Crippen molar-refractivity contribution in [3.63, 3.8) is 0 Å². The number of carbonyl (C=O) groups excluding carboxylic acids is 2. The first-order chi connectivity index (χ1) is 15.0. The van der Waals surface area contributed by atoms with Crippen LogP contribution in [0.1, 0.15) is 66.2 Å². The molecule has 7 heteroatoms. The van der Waals surface area contributed by atoms with E-state index in [1.165, 1.54) is 16.2 Å². The monoisotopic (exact) mass is 442 g/mol. The molecule has 166 valence electrons. The molecule has 5 aliphatic rings. The minimum atomic E-state index is -0.901. The summed E-state index contributed by atoms with van der Waals surface area (Å²) in [6, 6.07) is 0.245. The number of carbonyl (C=O) groups is 3. The summed E-state index contributed by atoms with van der Waals surface area (Å²) in [7, 11) is 0. The Labute approximate surface area is 186 Å². The molecule has 1 heterocycles. The maximum atomic E-state index is 13.4. The first-order valence-corrected chi connectivity index (χ1v) is 12.4. The minimum absolute atomic E-state index is 0.0473. The summed E-state index contributed by atoms with van der Waals surface area (Å²) < 4.78 is 0. The highest BCUT2D eigenvalue weighted by atomic mass is 32.1. The van der Waals surface area contributed by atoms with Crippen molar-refractivity contribution in [2.24, 2.45) is 29.6 Å². The van der Waals surface area contributed by atoms with Crippen LogP contribution >= 0.6 is 11.3 Å². The van der Waals surface area contributed by atoms with Crippen LogP contribution < -0.4 is 10.6 Å². The number of allylic oxidation sites excluding steroid dienone is 2. The molecule has 3 N–H and O–H groups in total. The van der Waals surface area contributed by atoms with Gasteiger partial charge in [-0.2, -0.15) is 0 Å². The lowest BCUT2D eigenvalue weighted by Crippen LogP contribution is -2.47. The van der Waals surface area contributed by atoms with Crippen molar-refractivity contribution in [1.29, 1.82) is 0 Å². The van der Waals surface area contributed by atoms with E-state index in [-0.39, 0.29) is 29.7 Å². The molecule has 0 radical (unpaired) electrons. The third kappa shape index (κ3) is 3.81. The van der Waals surface area contributed by atoms with Gasteiger partial charge in [-0.25, -0.2) is 0 Å². The molecule has 6 rings (SSSR count). The minimum Gasteiger partial charge on any atom is -0.481 e. The summed E-state index contributed by atoms with van der Waals surface area (Å²) >= 11 is 1.52. The van der Waals surface area contributed by atoms with Crippen molar-refractivity contribution in [3.05, 3.63) is 28.2 Å². The number of carboxylic acids is 1. The average molecular weight is 443 g/mol. The molecular weight excluding hydrogens is 412 g/mol. The van der Waals surface area contributed by atoms with E-state index in [0.717, 1.165) is 56.9 Å². The standard InChI is InChI=1S/C24H30N2O4S/c1-2-12-3-10-16-17(11-12)31-23(20(16)22(28)25-15-8-9-15)26-21(27)18-13-4-6-14(7-5-13)19(18)24(29)30/h4,6,12-15,18-19H,2-3,5,7-11H2,1H3,(H,25,28)(H,26,27)(H,29,30)/t12-,13+,14-,18-,19-/m0/s1. The van der Waals surface area contributed by atoms with Crippen LogP contribution in [-0.2, 0) is 22.4 Å². The molecule has 5 aliphatic carbocycles. The van der Waals surface area contributed by atoms with E-state index in [1.807, 2.05) is 12.2 Å². The van der Waals surface area contributed by atoms with Gasteiger partial charge in [0.05, 0.1) is 17.4 Å². The summed E-state index contributed by atoms with van der Waals surface area (Å²) in [6.07, 6.45) is 11.7. The number of hydrogen-bond acceptors (Lipinski definition) is 4. The molecule has 2 amide bonds. The van der Waals surface area contributed by atoms with Crippen LogP contribution in [0.5, 0.6) is 0 Å². The SMILES string of the molecule is CC[C@H]1CCc2c(sc(NC(=O)[C@@H]3[C@@H](C(=O)O)[C@H]4C=C[C@@H]3CC4)c2C(=O)NC2CC2)C1. The smallest absolute Gasteiger partial charge is 0.307 e. The van der Waals surface area contributed by atoms with Crippen LogP contribution in [0.25, 0.3) is 0 Å². The lowest BCUT2D eigenvalue weighted by Gasteiger charge is -2.41. The summed E-state index contributed by atoms with van der Waals surface area (Å²) in [5.41, 5.74) is 1.71. The van der Waals surface area contributed by atoms with Gasteiger partial charge in [0.1, 0.15) is 5.00 Å². The average Bonchev–Trinajstić information content (AvgIpc) is 3.51. The predicted molar refractivity (Wildman–Crippen MR) is 119 cm³/mol. The first-order valence-electron chi connectivity index (χ1n) is 11.6. The maximum Gasteiger partial charge on any atom is 0.307 e. The second-order valence-corrected chi connectivity index (χ2v) is 10.7. The number of amides is 2. The fourth-order valence-electron chi connectivity index (χ4n) is 5.70. The molecule has 0 saturated heterocycles. The van der Waals surface area contributed by atoms with Gasteiger partial charge in [0.2, 0.25) is 5.91 Å². The summed E-state index contributed by atoms with van der Waals surface area (Å²) in [5.74, 6) is -2.03. The number of rotatable bonds is 6. The van der Waals surface area contributed by atoms with Gasteiger partial charge in [-0.3, -0.25) is 14.4 Å². The molecule has 5 atom stereocenters. The topological polar surface area (TPSA) is 95.5 Å². The Morgan fingerprint density at radius 3 is 2.39 bits per heavy atom. The Balaban J connectivity index is 1.44. The van der Waals surface area contributed by atoms with Crippen LogP contribution in [0.4, 0.5) is 5.00 Å². The van der Waals surface area contributed by atoms with E-state index in [0.29, 0.717) is 16.5 Å². The van der Waals surface area contributed by atoms with E-state index >= 15 is 0 Å². The van der Waals surface area contributed by atoms with Gasteiger partial charge in [-0.1, -0.05) is 25.5 Å². The van der Waals surface area contributed by atoms with Crippen LogP contribution in [0.2, 0.25) is 0 Å². The van der Waals surface area contributed by atoms with E-state index in [1.54, 1.807) is 0 Å². The highest BCUT2D eigenvalue weighted by Crippen LogP contribution is 2.46. The summed E-state index contributed by atoms with van der Waals surface area (Å²) in [5, 5.41) is 16.5. The van der Waals surface area contributed by atoms with Crippen molar-refractivity contribution < 1.29 is 19.5 Å². The normalized spacial score (nSPS) is 31.2. The molecule has 0 unspecified atom stereocenters. The molecule has 0 aromatic carbocycles. The van der Waals surface area contributed by atoms with Crippen molar-refractivity contribution in [2.45, 2.75) is 64.3 Å². The number of aliphatic carboxylic acids is 1. The van der Waals surface area contributed by atoms with Crippen molar-refractivity contribution in [1.82, 2.24) is 5.32 Å². The molecule has 0 spiro atoms. The third-order valence-electron chi connectivity index (χ3n) is 7.66. The summed E-state index contributed by atoms with van der Waals surface area (Å²) in [6.45, 7) is 2.20. The van der Waals surface area contributed by atoms with Gasteiger partial charge in [-0.05, 0) is 68.3 Å². The van der Waals surface area contributed by atoms with Crippen LogP contribution in [0.15, 0.2) is 12.2 Å². The Morgan fingerprint density at radius 1 is 1.06 bits per heavy atom. The Bertz CT molecular complexity index is 948. The Morgan fingerprint density at radius 2 is 1.77 bits per heavy atom. The van der Waals surface area contributed by atoms with E-state index in [9.17, 15) is 19.5 Å². The number of thiophene rings is 1. The van der Waals surface area contributed by atoms with Gasteiger partial charge in [0.15, 0.2) is 0 Å². The number of nitrogens with one attached hydrogen (secondary N) is 2. The second kappa shape index (κ2) is 8.08. The number of anilines is 1. The van der Waals surface area contributed by atoms with Crippen molar-refractivity contribution in [3.8, 4) is 0 Å². The first kappa shape index (κ1) is 20.7. The number of fused-ring (bicyclic) bond motifs is 3. The van der Waals surface area contributed by atoms with Crippen LogP contribution in [0.3, 0.4) is 0 Å². The highest BCUT2D eigenvalue weighted by Gasteiger charge is 2.48. The second-order valence-electron chi connectivity index (χ2n) is 9.64. The molecule has 1 aromatic rings. The Hall–Kier alpha value is -2.15. The van der Waals surface area contributed by atoms with Gasteiger partial charge >= 0.3 is 5.97 Å². The number of carboxylic acid groups (broad SMARTS) is 1. The zero-order chi connectivity index (χ0) is 21.7. The summed E-state index contributed by atoms with van der Waals surface area (Å²) in [4.78, 5) is 39.6. The predicted octanol–water partition coefficient (Wildman–Crippen LogP) is 4.01. The van der Waals surface area contributed by atoms with E-state index in [4.69, 9.17) is 0 Å². The Kier molecular flexibility index (Phi) is 5.40. The fourth-order valence-corrected chi connectivity index (χ4v) is 7.06. The van der Waals surface area contributed by atoms with Crippen LogP contribution in [0, 0.1) is 29.6 Å². The molecule has 31 heavy (non-hydrogen) atoms. The lowest BCUT2D eigenvalue weighted by molar-refractivity contribution is -0.151. The maximum absolute atomic E-state index is 13.4. The van der Waals surface area contributed by atoms with E-state index in [2.05, 4.69) is 17.6 Å². The van der Waals surface area contributed by atoms with Gasteiger partial charge in [-0.15, -0.1) is 11.3 Å². The van der Waals surface area contributed by atoms with Gasteiger partial charge in [0.25, 0.3) is 5.91 Å². The molecule has 0 aliphatic heterocycles. The molecule has 2 saturated carbocycles. The van der Waals surface area contributed by atoms with Crippen molar-refractivity contribution in [2.75, 3.05) is 5.32 Å². The van der Waals surface area contributed by atoms with Crippen molar-refractivity contribution >= 4 is 34.1 Å². The van der Waals surface area contributed by atoms with Gasteiger partial charge in [0, 0.05) is 10.9 Å². The largest absolute Gasteiger partial charge is 0.481 e. The molecule has 1 aromatic heterocycles. The third-order valence-corrected chi connectivity index (χ3v) is 8.83. The van der Waals surface area contributed by atoms with Crippen LogP contribution in [-0.4, -0.2) is 28.9 Å². The molecule has 2 fully saturated rings.